The molecular formula is C27H45F3O. The highest BCUT2D eigenvalue weighted by Gasteiger charge is 2.58. The Morgan fingerprint density at radius 1 is 0.968 bits per heavy atom. The highest BCUT2D eigenvalue weighted by molar-refractivity contribution is 5.25. The highest BCUT2D eigenvalue weighted by Crippen LogP contribution is 2.66. The SMILES string of the molecule is CC.CC12CCC(O)CC1=CCC1C2CCC2(C)C(CCCCCC(F)(F)F)CCC12. The summed E-state index contributed by atoms with van der Waals surface area (Å²) in [5, 5.41) is 10.1. The molecule has 1 nitrogen and oxygen atoms in total. The maximum Gasteiger partial charge on any atom is 0.389 e. The first-order valence-electron chi connectivity index (χ1n) is 13.1. The molecule has 7 unspecified atom stereocenters. The third-order valence-corrected chi connectivity index (χ3v) is 9.79. The number of rotatable bonds is 5. The number of aliphatic hydroxyl groups excluding tert-OH is 1. The van der Waals surface area contributed by atoms with Crippen molar-refractivity contribution in [3.63, 3.8) is 0 Å². The van der Waals surface area contributed by atoms with Crippen LogP contribution in [0.5, 0.6) is 0 Å². The van der Waals surface area contributed by atoms with Crippen LogP contribution in [0.1, 0.15) is 111 Å². The van der Waals surface area contributed by atoms with Gasteiger partial charge in [0.15, 0.2) is 0 Å². The number of alkyl halides is 3. The Morgan fingerprint density at radius 2 is 1.71 bits per heavy atom. The quantitative estimate of drug-likeness (QED) is 0.334. The predicted octanol–water partition coefficient (Wildman–Crippen LogP) is 8.47. The summed E-state index contributed by atoms with van der Waals surface area (Å²) < 4.78 is 37.1. The van der Waals surface area contributed by atoms with Gasteiger partial charge in [-0.15, -0.1) is 0 Å². The zero-order valence-electron chi connectivity index (χ0n) is 20.2. The second-order valence-electron chi connectivity index (χ2n) is 11.2. The lowest BCUT2D eigenvalue weighted by Crippen LogP contribution is -2.50. The molecule has 0 spiro atoms. The number of halogens is 3. The van der Waals surface area contributed by atoms with Gasteiger partial charge in [0.1, 0.15) is 0 Å². The summed E-state index contributed by atoms with van der Waals surface area (Å²) in [4.78, 5) is 0. The van der Waals surface area contributed by atoms with Crippen molar-refractivity contribution >= 4 is 0 Å². The van der Waals surface area contributed by atoms with Crippen LogP contribution in [0.15, 0.2) is 11.6 Å². The Labute approximate surface area is 188 Å². The van der Waals surface area contributed by atoms with Gasteiger partial charge in [0, 0.05) is 6.42 Å². The molecule has 0 aromatic carbocycles. The molecule has 4 rings (SSSR count). The molecule has 0 amide bonds. The van der Waals surface area contributed by atoms with Gasteiger partial charge in [0.05, 0.1) is 6.10 Å². The minimum absolute atomic E-state index is 0.145. The van der Waals surface area contributed by atoms with Crippen LogP contribution >= 0.6 is 0 Å². The lowest BCUT2D eigenvalue weighted by molar-refractivity contribution is -0.135. The van der Waals surface area contributed by atoms with E-state index in [2.05, 4.69) is 19.9 Å². The van der Waals surface area contributed by atoms with Crippen LogP contribution in [0.2, 0.25) is 0 Å². The zero-order chi connectivity index (χ0) is 22.9. The van der Waals surface area contributed by atoms with Crippen LogP contribution in [0.25, 0.3) is 0 Å². The fourth-order valence-electron chi connectivity index (χ4n) is 8.12. The van der Waals surface area contributed by atoms with Gasteiger partial charge in [-0.25, -0.2) is 0 Å². The standard InChI is InChI=1S/C25H39F3O.C2H6/c1-23-15-12-22-20(9-7-18-16-19(29)11-14-24(18,22)2)21(23)10-8-17(23)6-4-3-5-13-25(26,27)28;1-2/h7,17,19-22,29H,3-6,8-16H2,1-2H3;1-2H3. The topological polar surface area (TPSA) is 20.2 Å². The van der Waals surface area contributed by atoms with Crippen LogP contribution in [0, 0.1) is 34.5 Å². The van der Waals surface area contributed by atoms with Gasteiger partial charge in [0.2, 0.25) is 0 Å². The van der Waals surface area contributed by atoms with E-state index in [1.807, 2.05) is 13.8 Å². The number of hydrogen-bond acceptors (Lipinski definition) is 1. The van der Waals surface area contributed by atoms with Crippen molar-refractivity contribution in [3.8, 4) is 0 Å². The predicted molar refractivity (Wildman–Crippen MR) is 122 cm³/mol. The van der Waals surface area contributed by atoms with E-state index in [0.717, 1.165) is 56.3 Å². The minimum atomic E-state index is -4.00. The second-order valence-corrected chi connectivity index (χ2v) is 11.2. The Bertz CT molecular complexity index is 626. The molecule has 0 aliphatic heterocycles. The largest absolute Gasteiger partial charge is 0.393 e. The molecule has 180 valence electrons. The summed E-state index contributed by atoms with van der Waals surface area (Å²) in [6.45, 7) is 8.98. The summed E-state index contributed by atoms with van der Waals surface area (Å²) in [5.74, 6) is 3.01. The minimum Gasteiger partial charge on any atom is -0.393 e. The van der Waals surface area contributed by atoms with Crippen LogP contribution in [0.4, 0.5) is 13.2 Å². The van der Waals surface area contributed by atoms with Gasteiger partial charge in [-0.3, -0.25) is 0 Å². The Kier molecular flexibility index (Phi) is 7.92. The molecule has 31 heavy (non-hydrogen) atoms. The van der Waals surface area contributed by atoms with Gasteiger partial charge < -0.3 is 5.11 Å². The maximum atomic E-state index is 12.4. The fraction of sp³-hybridized carbons (Fsp3) is 0.926. The molecule has 4 aliphatic carbocycles. The highest BCUT2D eigenvalue weighted by atomic mass is 19.4. The van der Waals surface area contributed by atoms with E-state index in [1.54, 1.807) is 0 Å². The fourth-order valence-corrected chi connectivity index (χ4v) is 8.12. The number of unbranched alkanes of at least 4 members (excludes halogenated alkanes) is 2. The van der Waals surface area contributed by atoms with Crippen molar-refractivity contribution in [1.29, 1.82) is 0 Å². The summed E-state index contributed by atoms with van der Waals surface area (Å²) in [6, 6.07) is 0. The number of hydrogen-bond donors (Lipinski definition) is 1. The van der Waals surface area contributed by atoms with Crippen molar-refractivity contribution in [3.05, 3.63) is 11.6 Å². The molecule has 0 heterocycles. The van der Waals surface area contributed by atoms with E-state index in [1.165, 1.54) is 37.7 Å². The van der Waals surface area contributed by atoms with Crippen molar-refractivity contribution in [2.24, 2.45) is 34.5 Å². The molecule has 3 saturated carbocycles. The number of fused-ring (bicyclic) bond motifs is 5. The molecule has 4 heteroatoms. The third-order valence-electron chi connectivity index (χ3n) is 9.79. The first-order chi connectivity index (χ1) is 14.6. The van der Waals surface area contributed by atoms with Crippen LogP contribution in [-0.2, 0) is 0 Å². The summed E-state index contributed by atoms with van der Waals surface area (Å²) >= 11 is 0. The van der Waals surface area contributed by atoms with E-state index in [4.69, 9.17) is 0 Å². The average Bonchev–Trinajstić information content (AvgIpc) is 3.05. The summed E-state index contributed by atoms with van der Waals surface area (Å²) in [6.07, 6.45) is 10.1. The molecule has 0 aromatic heterocycles. The average molecular weight is 443 g/mol. The normalized spacial score (nSPS) is 41.9. The molecule has 0 radical (unpaired) electrons. The van der Waals surface area contributed by atoms with Gasteiger partial charge in [-0.2, -0.15) is 13.2 Å². The molecule has 0 saturated heterocycles. The van der Waals surface area contributed by atoms with Gasteiger partial charge >= 0.3 is 6.18 Å². The van der Waals surface area contributed by atoms with E-state index in [9.17, 15) is 18.3 Å². The molecule has 0 bridgehead atoms. The maximum absolute atomic E-state index is 12.4. The van der Waals surface area contributed by atoms with Crippen molar-refractivity contribution in [1.82, 2.24) is 0 Å². The molecule has 7 atom stereocenters. The van der Waals surface area contributed by atoms with E-state index in [0.29, 0.717) is 23.2 Å². The lowest BCUT2D eigenvalue weighted by atomic mass is 9.47. The van der Waals surface area contributed by atoms with Crippen molar-refractivity contribution in [2.45, 2.75) is 123 Å². The van der Waals surface area contributed by atoms with Gasteiger partial charge in [-0.1, -0.05) is 52.2 Å². The van der Waals surface area contributed by atoms with E-state index < -0.39 is 12.6 Å². The molecule has 4 aliphatic rings. The first kappa shape index (κ1) is 25.1. The third kappa shape index (κ3) is 5.04. The molecule has 0 aromatic rings. The molecule has 1 N–H and O–H groups in total. The first-order valence-corrected chi connectivity index (χ1v) is 13.1. The van der Waals surface area contributed by atoms with Gasteiger partial charge in [0.25, 0.3) is 0 Å². The van der Waals surface area contributed by atoms with Crippen molar-refractivity contribution < 1.29 is 18.3 Å². The van der Waals surface area contributed by atoms with Crippen LogP contribution < -0.4 is 0 Å². The monoisotopic (exact) mass is 442 g/mol. The van der Waals surface area contributed by atoms with Crippen LogP contribution in [-0.4, -0.2) is 17.4 Å². The molecule has 3 fully saturated rings. The Morgan fingerprint density at radius 3 is 2.42 bits per heavy atom. The second kappa shape index (κ2) is 9.77. The van der Waals surface area contributed by atoms with Crippen LogP contribution in [0.3, 0.4) is 0 Å². The molecular weight excluding hydrogens is 397 g/mol. The number of aliphatic hydroxyl groups is 1. The van der Waals surface area contributed by atoms with E-state index >= 15 is 0 Å². The number of allylic oxidation sites excluding steroid dienone is 1. The zero-order valence-corrected chi connectivity index (χ0v) is 20.2. The Hall–Kier alpha value is -0.510. The van der Waals surface area contributed by atoms with Crippen molar-refractivity contribution in [2.75, 3.05) is 0 Å². The Balaban J connectivity index is 0.00000132. The van der Waals surface area contributed by atoms with Gasteiger partial charge in [-0.05, 0) is 98.7 Å². The summed E-state index contributed by atoms with van der Waals surface area (Å²) in [7, 11) is 0. The lowest BCUT2D eigenvalue weighted by Gasteiger charge is -2.58. The van der Waals surface area contributed by atoms with E-state index in [-0.39, 0.29) is 6.10 Å². The smallest absolute Gasteiger partial charge is 0.389 e. The summed E-state index contributed by atoms with van der Waals surface area (Å²) in [5.41, 5.74) is 2.21.